The highest BCUT2D eigenvalue weighted by Gasteiger charge is 2.34. The van der Waals surface area contributed by atoms with Crippen molar-refractivity contribution < 1.29 is 0 Å². The summed E-state index contributed by atoms with van der Waals surface area (Å²) in [5.74, 6) is 0.883. The molecule has 0 spiro atoms. The fourth-order valence-corrected chi connectivity index (χ4v) is 4.63. The molecule has 0 saturated carbocycles. The zero-order chi connectivity index (χ0) is 20.2. The zero-order valence-corrected chi connectivity index (χ0v) is 17.7. The van der Waals surface area contributed by atoms with Gasteiger partial charge in [-0.25, -0.2) is 4.98 Å². The molecular weight excluding hydrogens is 425 g/mol. The van der Waals surface area contributed by atoms with E-state index in [1.807, 2.05) is 0 Å². The van der Waals surface area contributed by atoms with Crippen LogP contribution in [0.5, 0.6) is 0 Å². The molecule has 1 aromatic rings. The van der Waals surface area contributed by atoms with Gasteiger partial charge in [0, 0.05) is 24.2 Å². The van der Waals surface area contributed by atoms with E-state index in [-0.39, 0.29) is 0 Å². The zero-order valence-electron chi connectivity index (χ0n) is 15.4. The van der Waals surface area contributed by atoms with Crippen molar-refractivity contribution in [2.24, 2.45) is 5.92 Å². The second-order valence-corrected chi connectivity index (χ2v) is 9.71. The third-order valence-electron chi connectivity index (χ3n) is 5.66. The summed E-state index contributed by atoms with van der Waals surface area (Å²) in [7, 11) is 0. The Kier molecular flexibility index (Phi) is 4.50. The summed E-state index contributed by atoms with van der Waals surface area (Å²) in [6, 6.07) is 1.64. The van der Waals surface area contributed by atoms with Crippen molar-refractivity contribution in [3.63, 3.8) is 0 Å². The maximum absolute atomic E-state index is 6.14. The molecule has 4 aliphatic rings. The van der Waals surface area contributed by atoms with Crippen LogP contribution in [0.25, 0.3) is 0 Å². The Hall–Kier alpha value is -2.20. The Bertz CT molecular complexity index is 1120. The van der Waals surface area contributed by atoms with E-state index in [0.29, 0.717) is 29.5 Å². The number of allylic oxidation sites excluding steroid dienone is 12. The largest absolute Gasteiger partial charge is 0.396 e. The number of nitrogens with one attached hydrogen (secondary N) is 1. The van der Waals surface area contributed by atoms with Crippen LogP contribution in [0.2, 0.25) is 0 Å². The summed E-state index contributed by atoms with van der Waals surface area (Å²) in [6.07, 6.45) is 20.3. The molecule has 0 fully saturated rings. The summed E-state index contributed by atoms with van der Waals surface area (Å²) < 4.78 is -1.55. The molecule has 1 atom stereocenters. The lowest BCUT2D eigenvalue weighted by molar-refractivity contribution is 0.809. The molecule has 0 saturated heterocycles. The van der Waals surface area contributed by atoms with Crippen molar-refractivity contribution in [1.82, 2.24) is 4.98 Å². The third kappa shape index (κ3) is 3.28. The molecule has 1 unspecified atom stereocenters. The highest BCUT2D eigenvalue weighted by molar-refractivity contribution is 6.66. The lowest BCUT2D eigenvalue weighted by atomic mass is 9.67. The molecule has 6 heteroatoms. The summed E-state index contributed by atoms with van der Waals surface area (Å²) in [4.78, 5) is 4.36. The predicted molar refractivity (Wildman–Crippen MR) is 122 cm³/mol. The number of nitrogens with zero attached hydrogens (tertiary/aromatic N) is 1. The first-order valence-corrected chi connectivity index (χ1v) is 10.5. The standard InChI is InChI=1S/C23H18Cl3N3/c24-23(25,26)17-10-19(27)22(29-12-17)28-11-16-9-15-5-1-3-13-7-8-14-4-2-6-18(16)21(14)20(13)15/h1-2,4-10,12,21H,3,11,27H2,(H,28,29). The first-order chi connectivity index (χ1) is 13.9. The van der Waals surface area contributed by atoms with E-state index in [2.05, 4.69) is 58.9 Å². The fourth-order valence-electron chi connectivity index (χ4n) is 4.32. The first kappa shape index (κ1) is 18.8. The van der Waals surface area contributed by atoms with Crippen LogP contribution in [-0.2, 0) is 3.79 Å². The molecule has 5 rings (SSSR count). The Labute approximate surface area is 184 Å². The summed E-state index contributed by atoms with van der Waals surface area (Å²) in [5, 5.41) is 3.35. The smallest absolute Gasteiger partial charge is 0.217 e. The van der Waals surface area contributed by atoms with Gasteiger partial charge in [0.05, 0.1) is 5.69 Å². The Morgan fingerprint density at radius 2 is 2.03 bits per heavy atom. The van der Waals surface area contributed by atoms with Gasteiger partial charge < -0.3 is 11.1 Å². The van der Waals surface area contributed by atoms with Crippen LogP contribution >= 0.6 is 34.8 Å². The van der Waals surface area contributed by atoms with Crippen molar-refractivity contribution in [2.75, 3.05) is 17.6 Å². The average Bonchev–Trinajstić information content (AvgIpc) is 2.70. The minimum Gasteiger partial charge on any atom is -0.396 e. The monoisotopic (exact) mass is 441 g/mol. The van der Waals surface area contributed by atoms with Gasteiger partial charge in [-0.05, 0) is 52.0 Å². The van der Waals surface area contributed by atoms with Gasteiger partial charge in [0.25, 0.3) is 0 Å². The van der Waals surface area contributed by atoms with Gasteiger partial charge in [-0.1, -0.05) is 77.3 Å². The molecular formula is C23H18Cl3N3. The van der Waals surface area contributed by atoms with E-state index in [4.69, 9.17) is 40.5 Å². The van der Waals surface area contributed by atoms with Crippen molar-refractivity contribution in [3.8, 4) is 0 Å². The van der Waals surface area contributed by atoms with Crippen LogP contribution in [0.4, 0.5) is 11.5 Å². The number of hydrogen-bond donors (Lipinski definition) is 2. The second-order valence-electron chi connectivity index (χ2n) is 7.43. The third-order valence-corrected chi connectivity index (χ3v) is 6.31. The first-order valence-electron chi connectivity index (χ1n) is 9.39. The second kappa shape index (κ2) is 6.94. The normalized spacial score (nSPS) is 21.8. The molecule has 146 valence electrons. The van der Waals surface area contributed by atoms with Gasteiger partial charge in [0.1, 0.15) is 5.82 Å². The van der Waals surface area contributed by atoms with E-state index >= 15 is 0 Å². The lowest BCUT2D eigenvalue weighted by Crippen LogP contribution is -2.25. The fraction of sp³-hybridized carbons (Fsp3) is 0.174. The van der Waals surface area contributed by atoms with E-state index in [1.165, 1.54) is 39.6 Å². The van der Waals surface area contributed by atoms with Gasteiger partial charge in [0.15, 0.2) is 0 Å². The number of alkyl halides is 3. The number of pyridine rings is 1. The summed E-state index contributed by atoms with van der Waals surface area (Å²) in [6.45, 7) is 0.609. The maximum Gasteiger partial charge on any atom is 0.217 e. The highest BCUT2D eigenvalue weighted by Crippen LogP contribution is 2.48. The van der Waals surface area contributed by atoms with Gasteiger partial charge in [-0.2, -0.15) is 0 Å². The minimum atomic E-state index is -1.55. The number of halogens is 3. The number of nitrogen functional groups attached to an aromatic ring is 1. The van der Waals surface area contributed by atoms with E-state index < -0.39 is 3.79 Å². The summed E-state index contributed by atoms with van der Waals surface area (Å²) in [5.41, 5.74) is 15.1. The van der Waals surface area contributed by atoms with E-state index in [0.717, 1.165) is 6.42 Å². The Morgan fingerprint density at radius 3 is 2.83 bits per heavy atom. The number of hydrogen-bond acceptors (Lipinski definition) is 3. The van der Waals surface area contributed by atoms with Crippen LogP contribution in [0.3, 0.4) is 0 Å². The molecule has 3 nitrogen and oxygen atoms in total. The van der Waals surface area contributed by atoms with Gasteiger partial charge in [-0.15, -0.1) is 0 Å². The predicted octanol–water partition coefficient (Wildman–Crippen LogP) is 6.08. The lowest BCUT2D eigenvalue weighted by Gasteiger charge is -2.37. The Balaban J connectivity index is 1.46. The van der Waals surface area contributed by atoms with Crippen LogP contribution in [-0.4, -0.2) is 11.5 Å². The van der Waals surface area contributed by atoms with Crippen molar-refractivity contribution in [3.05, 3.63) is 99.9 Å². The molecule has 0 amide bonds. The topological polar surface area (TPSA) is 50.9 Å². The molecule has 4 aliphatic carbocycles. The number of rotatable bonds is 3. The van der Waals surface area contributed by atoms with Gasteiger partial charge in [-0.3, -0.25) is 0 Å². The van der Waals surface area contributed by atoms with Crippen molar-refractivity contribution in [2.45, 2.75) is 10.2 Å². The number of aromatic nitrogens is 1. The van der Waals surface area contributed by atoms with Crippen molar-refractivity contribution >= 4 is 46.3 Å². The van der Waals surface area contributed by atoms with Crippen molar-refractivity contribution in [1.29, 1.82) is 0 Å². The highest BCUT2D eigenvalue weighted by atomic mass is 35.6. The van der Waals surface area contributed by atoms with Gasteiger partial charge >= 0.3 is 0 Å². The molecule has 0 bridgehead atoms. The molecule has 1 heterocycles. The van der Waals surface area contributed by atoms with Crippen LogP contribution in [0.1, 0.15) is 12.0 Å². The molecule has 0 aromatic carbocycles. The van der Waals surface area contributed by atoms with Crippen LogP contribution < -0.4 is 11.1 Å². The van der Waals surface area contributed by atoms with Gasteiger partial charge in [0.2, 0.25) is 3.79 Å². The van der Waals surface area contributed by atoms with E-state index in [9.17, 15) is 0 Å². The quantitative estimate of drug-likeness (QED) is 0.558. The van der Waals surface area contributed by atoms with Crippen LogP contribution in [0.15, 0.2) is 94.3 Å². The molecule has 0 radical (unpaired) electrons. The number of anilines is 2. The molecule has 1 aromatic heterocycles. The number of nitrogens with two attached hydrogens (primary N) is 1. The Morgan fingerprint density at radius 1 is 1.17 bits per heavy atom. The molecule has 0 aliphatic heterocycles. The average molecular weight is 443 g/mol. The summed E-state index contributed by atoms with van der Waals surface area (Å²) >= 11 is 17.8. The molecule has 3 N–H and O–H groups in total. The maximum atomic E-state index is 6.14. The van der Waals surface area contributed by atoms with E-state index in [1.54, 1.807) is 6.07 Å². The SMILES string of the molecule is Nc1cc(C(Cl)(Cl)Cl)cnc1NCC1=CC2=C3C(=CC=C4C=CC=C1C43)CC=C2. The minimum absolute atomic E-state index is 0.304. The molecule has 29 heavy (non-hydrogen) atoms. The van der Waals surface area contributed by atoms with Crippen LogP contribution in [0, 0.1) is 5.92 Å².